The smallest absolute Gasteiger partial charge is 0.406 e. The third kappa shape index (κ3) is 6.28. The van der Waals surface area contributed by atoms with Gasteiger partial charge < -0.3 is 10.1 Å². The molecule has 1 atom stereocenters. The maximum Gasteiger partial charge on any atom is 0.573 e. The summed E-state index contributed by atoms with van der Waals surface area (Å²) in [6, 6.07) is 6.23. The highest BCUT2D eigenvalue weighted by molar-refractivity contribution is 5.29. The number of nitrogens with one attached hydrogen (secondary N) is 1. The molecule has 0 aliphatic carbocycles. The van der Waals surface area contributed by atoms with Crippen molar-refractivity contribution < 1.29 is 17.9 Å². The Morgan fingerprint density at radius 1 is 1.10 bits per heavy atom. The van der Waals surface area contributed by atoms with Crippen LogP contribution in [0.3, 0.4) is 0 Å². The standard InChI is InChI=1S/C15H22F3NO/c1-11(2)5-4-6-14(19-3)12-7-9-13(10-8-12)20-15(16,17)18/h7-11,14,19H,4-6H2,1-3H3. The molecular formula is C15H22F3NO. The first-order valence-electron chi connectivity index (χ1n) is 6.85. The summed E-state index contributed by atoms with van der Waals surface area (Å²) in [5.74, 6) is 0.480. The van der Waals surface area contributed by atoms with E-state index in [9.17, 15) is 13.2 Å². The first-order valence-corrected chi connectivity index (χ1v) is 6.85. The normalized spacial score (nSPS) is 13.6. The molecule has 20 heavy (non-hydrogen) atoms. The van der Waals surface area contributed by atoms with Gasteiger partial charge in [-0.25, -0.2) is 0 Å². The molecule has 1 N–H and O–H groups in total. The molecule has 5 heteroatoms. The molecular weight excluding hydrogens is 267 g/mol. The fourth-order valence-electron chi connectivity index (χ4n) is 2.11. The van der Waals surface area contributed by atoms with Gasteiger partial charge in [0, 0.05) is 6.04 Å². The topological polar surface area (TPSA) is 21.3 Å². The highest BCUT2D eigenvalue weighted by atomic mass is 19.4. The third-order valence-corrected chi connectivity index (χ3v) is 3.14. The van der Waals surface area contributed by atoms with E-state index >= 15 is 0 Å². The molecule has 1 aromatic carbocycles. The van der Waals surface area contributed by atoms with Gasteiger partial charge in [0.25, 0.3) is 0 Å². The molecule has 1 rings (SSSR count). The Balaban J connectivity index is 2.60. The second-order valence-corrected chi connectivity index (χ2v) is 5.28. The lowest BCUT2D eigenvalue weighted by Gasteiger charge is -2.18. The summed E-state index contributed by atoms with van der Waals surface area (Å²) in [6.07, 6.45) is -1.44. The van der Waals surface area contributed by atoms with Crippen LogP contribution in [0.25, 0.3) is 0 Å². The number of hydrogen-bond acceptors (Lipinski definition) is 2. The van der Waals surface area contributed by atoms with Crippen molar-refractivity contribution in [1.29, 1.82) is 0 Å². The van der Waals surface area contributed by atoms with Crippen molar-refractivity contribution in [2.45, 2.75) is 45.5 Å². The molecule has 0 aromatic heterocycles. The van der Waals surface area contributed by atoms with Crippen LogP contribution in [-0.4, -0.2) is 13.4 Å². The van der Waals surface area contributed by atoms with Crippen LogP contribution < -0.4 is 10.1 Å². The summed E-state index contributed by atoms with van der Waals surface area (Å²) in [6.45, 7) is 4.36. The zero-order valence-corrected chi connectivity index (χ0v) is 12.1. The summed E-state index contributed by atoms with van der Waals surface area (Å²) < 4.78 is 40.1. The number of hydrogen-bond donors (Lipinski definition) is 1. The number of alkyl halides is 3. The highest BCUT2D eigenvalue weighted by Crippen LogP contribution is 2.26. The fraction of sp³-hybridized carbons (Fsp3) is 0.600. The van der Waals surface area contributed by atoms with Gasteiger partial charge in [0.05, 0.1) is 0 Å². The molecule has 1 unspecified atom stereocenters. The molecule has 0 heterocycles. The second kappa shape index (κ2) is 7.53. The second-order valence-electron chi connectivity index (χ2n) is 5.28. The van der Waals surface area contributed by atoms with Crippen LogP contribution in [-0.2, 0) is 0 Å². The van der Waals surface area contributed by atoms with Crippen LogP contribution in [0.4, 0.5) is 13.2 Å². The zero-order valence-electron chi connectivity index (χ0n) is 12.1. The number of ether oxygens (including phenoxy) is 1. The summed E-state index contributed by atoms with van der Waals surface area (Å²) in [4.78, 5) is 0. The van der Waals surface area contributed by atoms with E-state index in [4.69, 9.17) is 0 Å². The summed E-state index contributed by atoms with van der Waals surface area (Å²) in [7, 11) is 1.86. The van der Waals surface area contributed by atoms with Crippen molar-refractivity contribution >= 4 is 0 Å². The van der Waals surface area contributed by atoms with Gasteiger partial charge in [-0.2, -0.15) is 0 Å². The Hall–Kier alpha value is -1.23. The van der Waals surface area contributed by atoms with E-state index in [0.29, 0.717) is 5.92 Å². The lowest BCUT2D eigenvalue weighted by molar-refractivity contribution is -0.274. The van der Waals surface area contributed by atoms with Crippen molar-refractivity contribution in [1.82, 2.24) is 5.32 Å². The predicted octanol–water partition coefficient (Wildman–Crippen LogP) is 4.67. The van der Waals surface area contributed by atoms with E-state index < -0.39 is 6.36 Å². The minimum Gasteiger partial charge on any atom is -0.406 e. The fourth-order valence-corrected chi connectivity index (χ4v) is 2.11. The van der Waals surface area contributed by atoms with E-state index in [0.717, 1.165) is 24.8 Å². The number of rotatable bonds is 7. The molecule has 0 radical (unpaired) electrons. The maximum absolute atomic E-state index is 12.1. The Labute approximate surface area is 118 Å². The monoisotopic (exact) mass is 289 g/mol. The van der Waals surface area contributed by atoms with Gasteiger partial charge in [-0.1, -0.05) is 38.8 Å². The Bertz CT molecular complexity index is 387. The van der Waals surface area contributed by atoms with Crippen LogP contribution in [0.5, 0.6) is 5.75 Å². The van der Waals surface area contributed by atoms with E-state index in [1.165, 1.54) is 12.1 Å². The minimum atomic E-state index is -4.64. The molecule has 114 valence electrons. The van der Waals surface area contributed by atoms with Crippen LogP contribution in [0.2, 0.25) is 0 Å². The van der Waals surface area contributed by atoms with Crippen molar-refractivity contribution in [3.05, 3.63) is 29.8 Å². The van der Waals surface area contributed by atoms with Crippen LogP contribution in [0, 0.1) is 5.92 Å². The average Bonchev–Trinajstić information content (AvgIpc) is 2.34. The minimum absolute atomic E-state index is 0.161. The van der Waals surface area contributed by atoms with Crippen molar-refractivity contribution in [3.8, 4) is 5.75 Å². The molecule has 0 fully saturated rings. The van der Waals surface area contributed by atoms with E-state index in [1.54, 1.807) is 12.1 Å². The van der Waals surface area contributed by atoms with Gasteiger partial charge in [0.15, 0.2) is 0 Å². The molecule has 2 nitrogen and oxygen atoms in total. The van der Waals surface area contributed by atoms with E-state index in [-0.39, 0.29) is 11.8 Å². The molecule has 0 aliphatic rings. The lowest BCUT2D eigenvalue weighted by atomic mass is 9.98. The van der Waals surface area contributed by atoms with Gasteiger partial charge in [0.1, 0.15) is 5.75 Å². The van der Waals surface area contributed by atoms with Gasteiger partial charge in [-0.05, 0) is 37.1 Å². The Kier molecular flexibility index (Phi) is 6.33. The Morgan fingerprint density at radius 3 is 2.15 bits per heavy atom. The summed E-state index contributed by atoms with van der Waals surface area (Å²) in [5, 5.41) is 3.20. The molecule has 1 aromatic rings. The number of benzene rings is 1. The third-order valence-electron chi connectivity index (χ3n) is 3.14. The molecule has 0 bridgehead atoms. The van der Waals surface area contributed by atoms with Gasteiger partial charge in [-0.15, -0.1) is 13.2 Å². The van der Waals surface area contributed by atoms with Crippen LogP contribution in [0.15, 0.2) is 24.3 Å². The van der Waals surface area contributed by atoms with Crippen molar-refractivity contribution in [2.24, 2.45) is 5.92 Å². The molecule has 0 saturated heterocycles. The quantitative estimate of drug-likeness (QED) is 0.787. The zero-order chi connectivity index (χ0) is 15.2. The van der Waals surface area contributed by atoms with Gasteiger partial charge in [-0.3, -0.25) is 0 Å². The SMILES string of the molecule is CNC(CCCC(C)C)c1ccc(OC(F)(F)F)cc1. The van der Waals surface area contributed by atoms with Crippen LogP contribution >= 0.6 is 0 Å². The van der Waals surface area contributed by atoms with Crippen LogP contribution in [0.1, 0.15) is 44.7 Å². The molecule has 0 aliphatic heterocycles. The van der Waals surface area contributed by atoms with Gasteiger partial charge >= 0.3 is 6.36 Å². The average molecular weight is 289 g/mol. The highest BCUT2D eigenvalue weighted by Gasteiger charge is 2.31. The largest absolute Gasteiger partial charge is 0.573 e. The molecule has 0 amide bonds. The first kappa shape index (κ1) is 16.8. The Morgan fingerprint density at radius 2 is 1.70 bits per heavy atom. The first-order chi connectivity index (χ1) is 9.31. The molecule has 0 spiro atoms. The van der Waals surface area contributed by atoms with E-state index in [1.807, 2.05) is 7.05 Å². The van der Waals surface area contributed by atoms with E-state index in [2.05, 4.69) is 23.9 Å². The lowest BCUT2D eigenvalue weighted by Crippen LogP contribution is -2.18. The maximum atomic E-state index is 12.1. The number of halogens is 3. The summed E-state index contributed by atoms with van der Waals surface area (Å²) >= 11 is 0. The van der Waals surface area contributed by atoms with Gasteiger partial charge in [0.2, 0.25) is 0 Å². The summed E-state index contributed by atoms with van der Waals surface area (Å²) in [5.41, 5.74) is 0.978. The predicted molar refractivity (Wildman–Crippen MR) is 73.6 cm³/mol. The molecule has 0 saturated carbocycles. The van der Waals surface area contributed by atoms with Crippen molar-refractivity contribution in [3.63, 3.8) is 0 Å². The van der Waals surface area contributed by atoms with Crippen molar-refractivity contribution in [2.75, 3.05) is 7.05 Å².